The lowest BCUT2D eigenvalue weighted by Gasteiger charge is -2.15. The summed E-state index contributed by atoms with van der Waals surface area (Å²) in [5.41, 5.74) is 1.32. The van der Waals surface area contributed by atoms with Gasteiger partial charge in [0.1, 0.15) is 0 Å². The molecule has 2 aromatic heterocycles. The molecule has 19 heavy (non-hydrogen) atoms. The van der Waals surface area contributed by atoms with Gasteiger partial charge in [-0.1, -0.05) is 20.8 Å². The first-order valence-corrected chi connectivity index (χ1v) is 8.76. The van der Waals surface area contributed by atoms with Gasteiger partial charge in [-0.3, -0.25) is 0 Å². The summed E-state index contributed by atoms with van der Waals surface area (Å²) in [6.45, 7) is 6.62. The lowest BCUT2D eigenvalue weighted by Crippen LogP contribution is -2.18. The Morgan fingerprint density at radius 3 is 2.58 bits per heavy atom. The van der Waals surface area contributed by atoms with E-state index in [9.17, 15) is 0 Å². The van der Waals surface area contributed by atoms with Crippen molar-refractivity contribution in [3.8, 4) is 0 Å². The molecule has 0 aromatic carbocycles. The Labute approximate surface area is 131 Å². The van der Waals surface area contributed by atoms with Crippen LogP contribution in [0.4, 0.5) is 0 Å². The van der Waals surface area contributed by atoms with E-state index in [0.29, 0.717) is 6.04 Å². The molecule has 5 heteroatoms. The topological polar surface area (TPSA) is 24.9 Å². The first-order valence-electron chi connectivity index (χ1n) is 6.27. The number of halogens is 1. The molecule has 0 saturated carbocycles. The molecule has 0 amide bonds. The molecule has 104 valence electrons. The zero-order chi connectivity index (χ0) is 14.0. The minimum atomic E-state index is 0.135. The lowest BCUT2D eigenvalue weighted by molar-refractivity contribution is 0.562. The number of hydrogen-bond donors (Lipinski definition) is 1. The van der Waals surface area contributed by atoms with Crippen LogP contribution in [0.3, 0.4) is 0 Å². The first kappa shape index (κ1) is 15.2. The predicted octanol–water partition coefficient (Wildman–Crippen LogP) is 4.77. The van der Waals surface area contributed by atoms with E-state index < -0.39 is 0 Å². The minimum absolute atomic E-state index is 0.135. The fourth-order valence-electron chi connectivity index (χ4n) is 1.78. The molecule has 0 spiro atoms. The maximum atomic E-state index is 4.77. The highest BCUT2D eigenvalue weighted by Crippen LogP contribution is 2.31. The van der Waals surface area contributed by atoms with Crippen molar-refractivity contribution in [3.05, 3.63) is 36.9 Å². The van der Waals surface area contributed by atoms with Crippen molar-refractivity contribution in [2.75, 3.05) is 7.05 Å². The highest BCUT2D eigenvalue weighted by molar-refractivity contribution is 9.11. The molecular formula is C14H19BrN2S2. The van der Waals surface area contributed by atoms with Gasteiger partial charge in [-0.2, -0.15) is 0 Å². The van der Waals surface area contributed by atoms with Crippen molar-refractivity contribution in [2.24, 2.45) is 0 Å². The van der Waals surface area contributed by atoms with Gasteiger partial charge in [0, 0.05) is 28.1 Å². The predicted molar refractivity (Wildman–Crippen MR) is 88.3 cm³/mol. The molecule has 0 fully saturated rings. The van der Waals surface area contributed by atoms with Crippen LogP contribution < -0.4 is 5.32 Å². The summed E-state index contributed by atoms with van der Waals surface area (Å²) >= 11 is 7.07. The van der Waals surface area contributed by atoms with E-state index in [4.69, 9.17) is 4.98 Å². The van der Waals surface area contributed by atoms with Crippen LogP contribution >= 0.6 is 38.6 Å². The van der Waals surface area contributed by atoms with Crippen molar-refractivity contribution in [3.63, 3.8) is 0 Å². The Bertz CT molecular complexity index is 540. The number of aromatic nitrogens is 1. The van der Waals surface area contributed by atoms with Crippen molar-refractivity contribution in [2.45, 2.75) is 38.6 Å². The van der Waals surface area contributed by atoms with Gasteiger partial charge in [0.2, 0.25) is 0 Å². The summed E-state index contributed by atoms with van der Waals surface area (Å²) in [5.74, 6) is 0. The van der Waals surface area contributed by atoms with E-state index in [-0.39, 0.29) is 5.41 Å². The molecule has 0 radical (unpaired) electrons. The summed E-state index contributed by atoms with van der Waals surface area (Å²) < 4.78 is 1.18. The second-order valence-corrected chi connectivity index (χ2v) is 9.00. The van der Waals surface area contributed by atoms with Crippen molar-refractivity contribution in [1.29, 1.82) is 0 Å². The zero-order valence-electron chi connectivity index (χ0n) is 11.7. The Balaban J connectivity index is 2.13. The summed E-state index contributed by atoms with van der Waals surface area (Å²) in [7, 11) is 2.01. The maximum Gasteiger partial charge on any atom is 0.0947 e. The Kier molecular flexibility index (Phi) is 4.82. The largest absolute Gasteiger partial charge is 0.312 e. The smallest absolute Gasteiger partial charge is 0.0947 e. The third-order valence-corrected chi connectivity index (χ3v) is 5.59. The molecule has 0 aliphatic rings. The van der Waals surface area contributed by atoms with Crippen LogP contribution in [0.25, 0.3) is 0 Å². The van der Waals surface area contributed by atoms with Crippen molar-refractivity contribution < 1.29 is 0 Å². The molecule has 2 nitrogen and oxygen atoms in total. The fraction of sp³-hybridized carbons (Fsp3) is 0.500. The van der Waals surface area contributed by atoms with Crippen LogP contribution in [0.2, 0.25) is 0 Å². The minimum Gasteiger partial charge on any atom is -0.312 e. The van der Waals surface area contributed by atoms with E-state index >= 15 is 0 Å². The molecule has 0 saturated heterocycles. The summed E-state index contributed by atoms with van der Waals surface area (Å²) in [5, 5.41) is 6.77. The Morgan fingerprint density at radius 2 is 2.11 bits per heavy atom. The average Bonchev–Trinajstić information content (AvgIpc) is 2.94. The highest BCUT2D eigenvalue weighted by Gasteiger charge is 2.19. The summed E-state index contributed by atoms with van der Waals surface area (Å²) in [4.78, 5) is 6.12. The monoisotopic (exact) mass is 358 g/mol. The van der Waals surface area contributed by atoms with Crippen LogP contribution in [0.1, 0.15) is 42.4 Å². The van der Waals surface area contributed by atoms with Gasteiger partial charge in [-0.25, -0.2) is 4.98 Å². The lowest BCUT2D eigenvalue weighted by atomic mass is 9.93. The van der Waals surface area contributed by atoms with Crippen LogP contribution in [0.5, 0.6) is 0 Å². The van der Waals surface area contributed by atoms with Crippen LogP contribution in [0.15, 0.2) is 21.3 Å². The molecule has 0 bridgehead atoms. The number of thiazole rings is 1. The van der Waals surface area contributed by atoms with E-state index in [0.717, 1.165) is 6.42 Å². The fourth-order valence-corrected chi connectivity index (χ4v) is 4.39. The average molecular weight is 359 g/mol. The Hall–Kier alpha value is -0.230. The van der Waals surface area contributed by atoms with Gasteiger partial charge in [0.15, 0.2) is 0 Å². The Morgan fingerprint density at radius 1 is 1.37 bits per heavy atom. The molecule has 2 aromatic rings. The quantitative estimate of drug-likeness (QED) is 0.851. The second kappa shape index (κ2) is 6.04. The van der Waals surface area contributed by atoms with Crippen LogP contribution in [0, 0.1) is 0 Å². The van der Waals surface area contributed by atoms with Crippen molar-refractivity contribution >= 4 is 38.6 Å². The number of likely N-dealkylation sites (N-methyl/N-ethyl adjacent to an activating group) is 1. The third-order valence-electron chi connectivity index (χ3n) is 2.98. The standard InChI is InChI=1S/C14H19BrN2S2/c1-14(2,3)11-8-18-13(17-11)7-9(16-4)10-5-6-12(15)19-10/h5-6,8-9,16H,7H2,1-4H3. The van der Waals surface area contributed by atoms with Gasteiger partial charge in [-0.15, -0.1) is 22.7 Å². The van der Waals surface area contributed by atoms with Gasteiger partial charge in [0.05, 0.1) is 14.5 Å². The number of nitrogens with one attached hydrogen (secondary N) is 1. The van der Waals surface area contributed by atoms with Crippen LogP contribution in [-0.4, -0.2) is 12.0 Å². The van der Waals surface area contributed by atoms with Crippen molar-refractivity contribution in [1.82, 2.24) is 10.3 Å². The maximum absolute atomic E-state index is 4.77. The second-order valence-electron chi connectivity index (χ2n) is 5.56. The highest BCUT2D eigenvalue weighted by atomic mass is 79.9. The SMILES string of the molecule is CNC(Cc1nc(C(C)(C)C)cs1)c1ccc(Br)s1. The molecular weight excluding hydrogens is 340 g/mol. The number of rotatable bonds is 4. The molecule has 2 rings (SSSR count). The molecule has 2 heterocycles. The van der Waals surface area contributed by atoms with E-state index in [2.05, 4.69) is 59.5 Å². The zero-order valence-corrected chi connectivity index (χ0v) is 14.9. The van der Waals surface area contributed by atoms with Gasteiger partial charge in [0.25, 0.3) is 0 Å². The van der Waals surface area contributed by atoms with E-state index in [1.54, 1.807) is 22.7 Å². The first-order chi connectivity index (χ1) is 8.90. The molecule has 1 N–H and O–H groups in total. The number of nitrogens with zero attached hydrogens (tertiary/aromatic N) is 1. The molecule has 1 unspecified atom stereocenters. The van der Waals surface area contributed by atoms with E-state index in [1.807, 2.05) is 7.05 Å². The number of thiophene rings is 1. The molecule has 1 atom stereocenters. The van der Waals surface area contributed by atoms with E-state index in [1.165, 1.54) is 19.4 Å². The number of hydrogen-bond acceptors (Lipinski definition) is 4. The summed E-state index contributed by atoms with van der Waals surface area (Å²) in [6, 6.07) is 4.62. The normalized spacial score (nSPS) is 13.7. The van der Waals surface area contributed by atoms with Gasteiger partial charge >= 0.3 is 0 Å². The third kappa shape index (κ3) is 3.88. The molecule has 0 aliphatic carbocycles. The summed E-state index contributed by atoms with van der Waals surface area (Å²) in [6.07, 6.45) is 0.949. The molecule has 0 aliphatic heterocycles. The van der Waals surface area contributed by atoms with Crippen LogP contribution in [-0.2, 0) is 11.8 Å². The van der Waals surface area contributed by atoms with Gasteiger partial charge in [-0.05, 0) is 35.1 Å². The van der Waals surface area contributed by atoms with Gasteiger partial charge < -0.3 is 5.32 Å².